The van der Waals surface area contributed by atoms with Crippen LogP contribution in [-0.4, -0.2) is 58.0 Å². The number of likely N-dealkylation sites (tertiary alicyclic amines) is 1. The van der Waals surface area contributed by atoms with Crippen molar-refractivity contribution in [3.05, 3.63) is 29.2 Å². The predicted octanol–water partition coefficient (Wildman–Crippen LogP) is 1.64. The van der Waals surface area contributed by atoms with E-state index in [1.165, 1.54) is 0 Å². The van der Waals surface area contributed by atoms with E-state index >= 15 is 0 Å². The number of nitrogens with zero attached hydrogens (tertiary/aromatic N) is 6. The molecule has 8 nitrogen and oxygen atoms in total. The molecule has 26 heavy (non-hydrogen) atoms. The molecule has 0 N–H and O–H groups in total. The third-order valence-corrected chi connectivity index (χ3v) is 4.83. The Balaban J connectivity index is 1.68. The maximum Gasteiger partial charge on any atom is 0.261 e. The van der Waals surface area contributed by atoms with Gasteiger partial charge in [0.25, 0.3) is 5.91 Å². The maximum absolute atomic E-state index is 12.7. The maximum atomic E-state index is 12.7. The molecule has 0 saturated carbocycles. The molecule has 1 unspecified atom stereocenters. The van der Waals surface area contributed by atoms with Crippen LogP contribution in [0.3, 0.4) is 0 Å². The van der Waals surface area contributed by atoms with Crippen LogP contribution in [0.15, 0.2) is 12.1 Å². The molecule has 8 heteroatoms. The van der Waals surface area contributed by atoms with Gasteiger partial charge in [0.05, 0.1) is 17.4 Å². The Bertz CT molecular complexity index is 784. The third kappa shape index (κ3) is 3.49. The molecule has 0 aromatic carbocycles. The highest BCUT2D eigenvalue weighted by molar-refractivity contribution is 5.78. The van der Waals surface area contributed by atoms with Crippen LogP contribution in [0.25, 0.3) is 0 Å². The lowest BCUT2D eigenvalue weighted by Gasteiger charge is -2.24. The Labute approximate surface area is 153 Å². The van der Waals surface area contributed by atoms with Crippen LogP contribution >= 0.6 is 0 Å². The number of carbonyl (C=O) groups is 1. The second-order valence-corrected chi connectivity index (χ2v) is 6.87. The van der Waals surface area contributed by atoms with Gasteiger partial charge in [-0.2, -0.15) is 10.2 Å². The van der Waals surface area contributed by atoms with Gasteiger partial charge in [0, 0.05) is 27.7 Å². The normalized spacial score (nSPS) is 16.8. The topological polar surface area (TPSA) is 76.4 Å². The Morgan fingerprint density at radius 1 is 1.31 bits per heavy atom. The SMILES string of the molecule is Cc1nn(C)c(C)c1OCC(=O)N1CCCC1c1ccc(N(C)C)nn1. The fourth-order valence-electron chi connectivity index (χ4n) is 3.30. The third-order valence-electron chi connectivity index (χ3n) is 4.83. The van der Waals surface area contributed by atoms with Crippen LogP contribution < -0.4 is 9.64 Å². The molecule has 1 aliphatic heterocycles. The van der Waals surface area contributed by atoms with Crippen molar-refractivity contribution in [1.82, 2.24) is 24.9 Å². The van der Waals surface area contributed by atoms with E-state index in [9.17, 15) is 4.79 Å². The number of anilines is 1. The van der Waals surface area contributed by atoms with Crippen molar-refractivity contribution in [2.45, 2.75) is 32.7 Å². The molecule has 3 rings (SSSR count). The van der Waals surface area contributed by atoms with Crippen LogP contribution in [0.5, 0.6) is 5.75 Å². The number of hydrogen-bond donors (Lipinski definition) is 0. The first-order chi connectivity index (χ1) is 12.4. The summed E-state index contributed by atoms with van der Waals surface area (Å²) in [5.74, 6) is 1.45. The Kier molecular flexibility index (Phi) is 5.11. The number of carbonyl (C=O) groups excluding carboxylic acids is 1. The van der Waals surface area contributed by atoms with Gasteiger partial charge in [-0.05, 0) is 38.8 Å². The van der Waals surface area contributed by atoms with E-state index in [1.807, 2.05) is 56.9 Å². The molecular formula is C18H26N6O2. The van der Waals surface area contributed by atoms with E-state index in [0.29, 0.717) is 5.75 Å². The number of amides is 1. The first-order valence-electron chi connectivity index (χ1n) is 8.82. The molecule has 2 aromatic rings. The quantitative estimate of drug-likeness (QED) is 0.809. The molecule has 3 heterocycles. The van der Waals surface area contributed by atoms with Gasteiger partial charge in [-0.1, -0.05) is 0 Å². The van der Waals surface area contributed by atoms with E-state index < -0.39 is 0 Å². The standard InChI is InChI=1S/C18H26N6O2/c1-12-18(13(2)23(5)21-12)26-11-17(25)24-10-6-7-15(24)14-8-9-16(20-19-14)22(3)4/h8-9,15H,6-7,10-11H2,1-5H3. The molecule has 1 saturated heterocycles. The van der Waals surface area contributed by atoms with E-state index in [0.717, 1.165) is 42.3 Å². The molecule has 1 amide bonds. The van der Waals surface area contributed by atoms with Gasteiger partial charge in [-0.3, -0.25) is 9.48 Å². The molecule has 0 spiro atoms. The molecule has 0 aliphatic carbocycles. The zero-order valence-electron chi connectivity index (χ0n) is 16.1. The summed E-state index contributed by atoms with van der Waals surface area (Å²) >= 11 is 0. The summed E-state index contributed by atoms with van der Waals surface area (Å²) in [5, 5.41) is 12.9. The molecular weight excluding hydrogens is 332 g/mol. The molecule has 1 aliphatic rings. The van der Waals surface area contributed by atoms with Crippen LogP contribution in [0.2, 0.25) is 0 Å². The Morgan fingerprint density at radius 2 is 2.08 bits per heavy atom. The minimum absolute atomic E-state index is 0.00703. The number of hydrogen-bond acceptors (Lipinski definition) is 6. The summed E-state index contributed by atoms with van der Waals surface area (Å²) in [4.78, 5) is 16.5. The molecule has 2 aromatic heterocycles. The van der Waals surface area contributed by atoms with Gasteiger partial charge in [-0.25, -0.2) is 0 Å². The zero-order valence-corrected chi connectivity index (χ0v) is 16.1. The van der Waals surface area contributed by atoms with Crippen molar-refractivity contribution >= 4 is 11.7 Å². The van der Waals surface area contributed by atoms with Gasteiger partial charge in [0.2, 0.25) is 0 Å². The first-order valence-corrected chi connectivity index (χ1v) is 8.82. The molecule has 1 atom stereocenters. The largest absolute Gasteiger partial charge is 0.480 e. The summed E-state index contributed by atoms with van der Waals surface area (Å²) in [6, 6.07) is 3.85. The number of rotatable bonds is 5. The van der Waals surface area contributed by atoms with E-state index in [4.69, 9.17) is 4.74 Å². The second-order valence-electron chi connectivity index (χ2n) is 6.87. The fourth-order valence-corrected chi connectivity index (χ4v) is 3.30. The predicted molar refractivity (Wildman–Crippen MR) is 98.2 cm³/mol. The minimum atomic E-state index is -0.0362. The second kappa shape index (κ2) is 7.31. The molecule has 0 bridgehead atoms. The average molecular weight is 358 g/mol. The Morgan fingerprint density at radius 3 is 2.65 bits per heavy atom. The number of aromatic nitrogens is 4. The number of ether oxygens (including phenoxy) is 1. The molecule has 0 radical (unpaired) electrons. The van der Waals surface area contributed by atoms with E-state index in [-0.39, 0.29) is 18.6 Å². The highest BCUT2D eigenvalue weighted by Gasteiger charge is 2.31. The van der Waals surface area contributed by atoms with E-state index in [2.05, 4.69) is 15.3 Å². The van der Waals surface area contributed by atoms with Gasteiger partial charge in [-0.15, -0.1) is 5.10 Å². The van der Waals surface area contributed by atoms with E-state index in [1.54, 1.807) is 4.68 Å². The van der Waals surface area contributed by atoms with Crippen molar-refractivity contribution in [3.63, 3.8) is 0 Å². The van der Waals surface area contributed by atoms with Crippen molar-refractivity contribution in [2.75, 3.05) is 32.1 Å². The van der Waals surface area contributed by atoms with Gasteiger partial charge >= 0.3 is 0 Å². The average Bonchev–Trinajstić information content (AvgIpc) is 3.19. The van der Waals surface area contributed by atoms with Crippen molar-refractivity contribution < 1.29 is 9.53 Å². The van der Waals surface area contributed by atoms with Crippen molar-refractivity contribution in [2.24, 2.45) is 7.05 Å². The van der Waals surface area contributed by atoms with Crippen LogP contribution in [0.4, 0.5) is 5.82 Å². The summed E-state index contributed by atoms with van der Waals surface area (Å²) in [7, 11) is 5.72. The lowest BCUT2D eigenvalue weighted by molar-refractivity contribution is -0.134. The summed E-state index contributed by atoms with van der Waals surface area (Å²) < 4.78 is 7.54. The molecule has 140 valence electrons. The summed E-state index contributed by atoms with van der Waals surface area (Å²) in [5.41, 5.74) is 2.54. The smallest absolute Gasteiger partial charge is 0.261 e. The fraction of sp³-hybridized carbons (Fsp3) is 0.556. The zero-order chi connectivity index (χ0) is 18.8. The molecule has 1 fully saturated rings. The summed E-state index contributed by atoms with van der Waals surface area (Å²) in [6.45, 7) is 4.54. The summed E-state index contributed by atoms with van der Waals surface area (Å²) in [6.07, 6.45) is 1.85. The number of aryl methyl sites for hydroxylation is 2. The lowest BCUT2D eigenvalue weighted by atomic mass is 10.1. The first kappa shape index (κ1) is 18.2. The lowest BCUT2D eigenvalue weighted by Crippen LogP contribution is -2.35. The highest BCUT2D eigenvalue weighted by atomic mass is 16.5. The van der Waals surface area contributed by atoms with Crippen LogP contribution in [0, 0.1) is 13.8 Å². The minimum Gasteiger partial charge on any atom is -0.480 e. The van der Waals surface area contributed by atoms with Gasteiger partial charge in [0.1, 0.15) is 5.69 Å². The van der Waals surface area contributed by atoms with Crippen LogP contribution in [-0.2, 0) is 11.8 Å². The van der Waals surface area contributed by atoms with Gasteiger partial charge in [0.15, 0.2) is 18.2 Å². The van der Waals surface area contributed by atoms with Crippen LogP contribution in [0.1, 0.15) is 36.0 Å². The van der Waals surface area contributed by atoms with Crippen molar-refractivity contribution in [3.8, 4) is 5.75 Å². The monoisotopic (exact) mass is 358 g/mol. The van der Waals surface area contributed by atoms with Crippen molar-refractivity contribution in [1.29, 1.82) is 0 Å². The van der Waals surface area contributed by atoms with Gasteiger partial charge < -0.3 is 14.5 Å². The highest BCUT2D eigenvalue weighted by Crippen LogP contribution is 2.31. The Hall–Kier alpha value is -2.64.